The first-order chi connectivity index (χ1) is 17.3. The van der Waals surface area contributed by atoms with Crippen LogP contribution in [0, 0.1) is 0 Å². The summed E-state index contributed by atoms with van der Waals surface area (Å²) in [6, 6.07) is 17.5. The molecule has 4 rings (SSSR count). The molecule has 1 saturated heterocycles. The van der Waals surface area contributed by atoms with Crippen LogP contribution in [0.15, 0.2) is 79.1 Å². The molecule has 3 aromatic rings. The standard InChI is InChI=1S/C27H26N4O5/c1-18(2)19-8-10-21(11-9-19)30-25(33)16-23(27(30)35)31(26(34)20-12-14-28-15-13-20)29-24(32)17-36-22-6-4-3-5-7-22/h3-15,18,23H,16-17H2,1-2H3,(H,29,32). The molecule has 1 aliphatic heterocycles. The van der Waals surface area contributed by atoms with Crippen LogP contribution >= 0.6 is 0 Å². The lowest BCUT2D eigenvalue weighted by molar-refractivity contribution is -0.130. The Hall–Kier alpha value is -4.53. The van der Waals surface area contributed by atoms with Crippen molar-refractivity contribution in [3.63, 3.8) is 0 Å². The van der Waals surface area contributed by atoms with Gasteiger partial charge in [0.2, 0.25) is 5.91 Å². The van der Waals surface area contributed by atoms with E-state index in [1.807, 2.05) is 32.0 Å². The van der Waals surface area contributed by atoms with Crippen molar-refractivity contribution in [2.45, 2.75) is 32.2 Å². The lowest BCUT2D eigenvalue weighted by atomic mass is 10.0. The van der Waals surface area contributed by atoms with Gasteiger partial charge in [0.25, 0.3) is 17.7 Å². The predicted molar refractivity (Wildman–Crippen MR) is 132 cm³/mol. The van der Waals surface area contributed by atoms with E-state index >= 15 is 0 Å². The number of anilines is 1. The number of hydrazine groups is 1. The molecule has 0 radical (unpaired) electrons. The number of rotatable bonds is 7. The molecule has 9 heteroatoms. The van der Waals surface area contributed by atoms with Crippen LogP contribution in [0.1, 0.15) is 42.1 Å². The van der Waals surface area contributed by atoms with Crippen LogP contribution in [0.5, 0.6) is 5.75 Å². The van der Waals surface area contributed by atoms with Gasteiger partial charge in [-0.05, 0) is 47.9 Å². The molecule has 1 atom stereocenters. The smallest absolute Gasteiger partial charge is 0.276 e. The third-order valence-corrected chi connectivity index (χ3v) is 5.76. The number of hydrogen-bond donors (Lipinski definition) is 1. The maximum atomic E-state index is 13.4. The highest BCUT2D eigenvalue weighted by Gasteiger charge is 2.45. The van der Waals surface area contributed by atoms with Gasteiger partial charge in [0.15, 0.2) is 6.61 Å². The molecule has 4 amide bonds. The average Bonchev–Trinajstić information content (AvgIpc) is 3.20. The zero-order valence-electron chi connectivity index (χ0n) is 20.0. The number of nitrogens with zero attached hydrogens (tertiary/aromatic N) is 3. The largest absolute Gasteiger partial charge is 0.484 e. The van der Waals surface area contributed by atoms with Crippen LogP contribution in [0.3, 0.4) is 0 Å². The van der Waals surface area contributed by atoms with E-state index in [-0.39, 0.29) is 18.6 Å². The number of pyridine rings is 1. The molecule has 0 saturated carbocycles. The molecular formula is C27H26N4O5. The summed E-state index contributed by atoms with van der Waals surface area (Å²) in [5.74, 6) is -1.61. The summed E-state index contributed by atoms with van der Waals surface area (Å²) in [7, 11) is 0. The zero-order chi connectivity index (χ0) is 25.7. The Balaban J connectivity index is 1.56. The van der Waals surface area contributed by atoms with Crippen molar-refractivity contribution in [3.05, 3.63) is 90.3 Å². The number of ether oxygens (including phenoxy) is 1. The Morgan fingerprint density at radius 3 is 2.33 bits per heavy atom. The van der Waals surface area contributed by atoms with Crippen LogP contribution in [-0.2, 0) is 14.4 Å². The fourth-order valence-corrected chi connectivity index (χ4v) is 3.83. The lowest BCUT2D eigenvalue weighted by Gasteiger charge is -2.28. The van der Waals surface area contributed by atoms with Gasteiger partial charge in [-0.2, -0.15) is 0 Å². The molecule has 0 spiro atoms. The third kappa shape index (κ3) is 5.41. The molecule has 184 valence electrons. The highest BCUT2D eigenvalue weighted by atomic mass is 16.5. The van der Waals surface area contributed by atoms with E-state index in [4.69, 9.17) is 4.74 Å². The van der Waals surface area contributed by atoms with Gasteiger partial charge in [-0.3, -0.25) is 29.6 Å². The quantitative estimate of drug-likeness (QED) is 0.406. The Bertz CT molecular complexity index is 1250. The van der Waals surface area contributed by atoms with E-state index < -0.39 is 29.7 Å². The molecule has 1 aliphatic rings. The molecule has 1 unspecified atom stereocenters. The van der Waals surface area contributed by atoms with Gasteiger partial charge >= 0.3 is 0 Å². The molecule has 2 heterocycles. The number of benzene rings is 2. The summed E-state index contributed by atoms with van der Waals surface area (Å²) in [6.45, 7) is 3.70. The number of carbonyl (C=O) groups excluding carboxylic acids is 4. The first-order valence-electron chi connectivity index (χ1n) is 11.5. The van der Waals surface area contributed by atoms with Crippen molar-refractivity contribution in [3.8, 4) is 5.75 Å². The number of aromatic nitrogens is 1. The summed E-state index contributed by atoms with van der Waals surface area (Å²) in [4.78, 5) is 57.3. The van der Waals surface area contributed by atoms with E-state index in [0.717, 1.165) is 15.5 Å². The van der Waals surface area contributed by atoms with Crippen LogP contribution in [0.25, 0.3) is 0 Å². The van der Waals surface area contributed by atoms with Gasteiger partial charge in [-0.25, -0.2) is 9.91 Å². The molecule has 2 aromatic carbocycles. The predicted octanol–water partition coefficient (Wildman–Crippen LogP) is 3.09. The molecule has 0 aliphatic carbocycles. The summed E-state index contributed by atoms with van der Waals surface area (Å²) >= 11 is 0. The van der Waals surface area contributed by atoms with Gasteiger partial charge in [0.05, 0.1) is 12.1 Å². The highest BCUT2D eigenvalue weighted by molar-refractivity contribution is 6.23. The van der Waals surface area contributed by atoms with Crippen LogP contribution in [0.4, 0.5) is 5.69 Å². The molecule has 36 heavy (non-hydrogen) atoms. The minimum absolute atomic E-state index is 0.203. The van der Waals surface area contributed by atoms with Crippen molar-refractivity contribution in [2.24, 2.45) is 0 Å². The van der Waals surface area contributed by atoms with Crippen LogP contribution in [0.2, 0.25) is 0 Å². The van der Waals surface area contributed by atoms with E-state index in [2.05, 4.69) is 10.4 Å². The van der Waals surface area contributed by atoms with Crippen LogP contribution < -0.4 is 15.1 Å². The number of imide groups is 1. The number of carbonyl (C=O) groups is 4. The Kier molecular flexibility index (Phi) is 7.39. The fourth-order valence-electron chi connectivity index (χ4n) is 3.83. The first-order valence-corrected chi connectivity index (χ1v) is 11.5. The monoisotopic (exact) mass is 486 g/mol. The van der Waals surface area contributed by atoms with Crippen molar-refractivity contribution in [1.82, 2.24) is 15.4 Å². The second-order valence-electron chi connectivity index (χ2n) is 8.58. The number of hydrogen-bond acceptors (Lipinski definition) is 6. The van der Waals surface area contributed by atoms with Gasteiger partial charge < -0.3 is 4.74 Å². The number of nitrogens with one attached hydrogen (secondary N) is 1. The Morgan fingerprint density at radius 1 is 1.03 bits per heavy atom. The summed E-state index contributed by atoms with van der Waals surface area (Å²) in [5, 5.41) is 0.911. The van der Waals surface area contributed by atoms with E-state index in [1.165, 1.54) is 24.5 Å². The fraction of sp³-hybridized carbons (Fsp3) is 0.222. The zero-order valence-corrected chi connectivity index (χ0v) is 20.0. The average molecular weight is 487 g/mol. The highest BCUT2D eigenvalue weighted by Crippen LogP contribution is 2.27. The van der Waals surface area contributed by atoms with Gasteiger partial charge in [-0.1, -0.05) is 44.2 Å². The van der Waals surface area contributed by atoms with Crippen molar-refractivity contribution in [1.29, 1.82) is 0 Å². The SMILES string of the molecule is CC(C)c1ccc(N2C(=O)CC(N(NC(=O)COc3ccccc3)C(=O)c3ccncc3)C2=O)cc1. The van der Waals surface area contributed by atoms with Gasteiger partial charge in [0, 0.05) is 18.0 Å². The summed E-state index contributed by atoms with van der Waals surface area (Å²) in [6.07, 6.45) is 2.58. The minimum Gasteiger partial charge on any atom is -0.484 e. The normalized spacial score (nSPS) is 15.2. The molecule has 0 bridgehead atoms. The number of amides is 4. The Labute approximate surface area is 208 Å². The second kappa shape index (κ2) is 10.8. The molecule has 9 nitrogen and oxygen atoms in total. The molecular weight excluding hydrogens is 460 g/mol. The minimum atomic E-state index is -1.22. The second-order valence-corrected chi connectivity index (χ2v) is 8.58. The lowest BCUT2D eigenvalue weighted by Crippen LogP contribution is -2.55. The summed E-state index contributed by atoms with van der Waals surface area (Å²) in [5.41, 5.74) is 4.15. The molecule has 1 fully saturated rings. The van der Waals surface area contributed by atoms with E-state index in [0.29, 0.717) is 17.4 Å². The summed E-state index contributed by atoms with van der Waals surface area (Å²) < 4.78 is 5.46. The van der Waals surface area contributed by atoms with Gasteiger partial charge in [-0.15, -0.1) is 0 Å². The van der Waals surface area contributed by atoms with E-state index in [1.54, 1.807) is 36.4 Å². The van der Waals surface area contributed by atoms with Crippen molar-refractivity contribution < 1.29 is 23.9 Å². The number of para-hydroxylation sites is 1. The van der Waals surface area contributed by atoms with Crippen molar-refractivity contribution >= 4 is 29.3 Å². The van der Waals surface area contributed by atoms with E-state index in [9.17, 15) is 19.2 Å². The first kappa shape index (κ1) is 24.6. The maximum absolute atomic E-state index is 13.4. The topological polar surface area (TPSA) is 109 Å². The van der Waals surface area contributed by atoms with Gasteiger partial charge in [0.1, 0.15) is 11.8 Å². The Morgan fingerprint density at radius 2 is 1.69 bits per heavy atom. The molecule has 1 N–H and O–H groups in total. The van der Waals surface area contributed by atoms with Crippen molar-refractivity contribution in [2.75, 3.05) is 11.5 Å². The third-order valence-electron chi connectivity index (χ3n) is 5.76. The van der Waals surface area contributed by atoms with Crippen LogP contribution in [-0.4, -0.2) is 46.3 Å². The maximum Gasteiger partial charge on any atom is 0.276 e. The molecule has 1 aromatic heterocycles.